The zero-order valence-corrected chi connectivity index (χ0v) is 13.6. The van der Waals surface area contributed by atoms with E-state index in [2.05, 4.69) is 0 Å². The molecule has 0 fully saturated rings. The average molecular weight is 316 g/mol. The van der Waals surface area contributed by atoms with Gasteiger partial charge < -0.3 is 9.84 Å². The Balaban J connectivity index is 2.32. The van der Waals surface area contributed by atoms with Gasteiger partial charge in [-0.3, -0.25) is 0 Å². The monoisotopic (exact) mass is 316 g/mol. The van der Waals surface area contributed by atoms with Gasteiger partial charge >= 0.3 is 0 Å². The molecular formula is C22H20O2. The Hall–Kier alpha value is -3.00. The summed E-state index contributed by atoms with van der Waals surface area (Å²) in [6.07, 6.45) is 1.56. The van der Waals surface area contributed by atoms with Gasteiger partial charge in [-0.15, -0.1) is 0 Å². The van der Waals surface area contributed by atoms with Crippen LogP contribution in [0.3, 0.4) is 0 Å². The molecule has 3 rings (SSSR count). The fourth-order valence-electron chi connectivity index (χ4n) is 2.91. The van der Waals surface area contributed by atoms with E-state index in [9.17, 15) is 5.11 Å². The maximum absolute atomic E-state index is 10.2. The second-order valence-electron chi connectivity index (χ2n) is 5.51. The first-order valence-corrected chi connectivity index (χ1v) is 7.98. The number of aliphatic hydroxyl groups excluding tert-OH is 1. The molecule has 0 bridgehead atoms. The molecule has 3 aromatic carbocycles. The first-order chi connectivity index (χ1) is 11.8. The Labute approximate surface area is 142 Å². The first kappa shape index (κ1) is 15.9. The summed E-state index contributed by atoms with van der Waals surface area (Å²) in [5.41, 5.74) is 1.95. The Kier molecular flexibility index (Phi) is 4.66. The summed E-state index contributed by atoms with van der Waals surface area (Å²) in [5, 5.41) is 10.2. The molecular weight excluding hydrogens is 296 g/mol. The number of hydrogen-bond acceptors (Lipinski definition) is 2. The topological polar surface area (TPSA) is 29.5 Å². The van der Waals surface area contributed by atoms with Crippen LogP contribution in [0.4, 0.5) is 0 Å². The highest BCUT2D eigenvalue weighted by Crippen LogP contribution is 2.41. The first-order valence-electron chi connectivity index (χ1n) is 7.98. The number of benzene rings is 3. The molecule has 0 unspecified atom stereocenters. The van der Waals surface area contributed by atoms with Crippen LogP contribution in [0.15, 0.2) is 103 Å². The van der Waals surface area contributed by atoms with Crippen LogP contribution < -0.4 is 0 Å². The van der Waals surface area contributed by atoms with Gasteiger partial charge in [0.1, 0.15) is 0 Å². The quantitative estimate of drug-likeness (QED) is 0.503. The maximum Gasteiger partial charge on any atom is 0.273 e. The molecule has 0 spiro atoms. The molecule has 2 nitrogen and oxygen atoms in total. The smallest absolute Gasteiger partial charge is 0.273 e. The largest absolute Gasteiger partial charge is 0.481 e. The van der Waals surface area contributed by atoms with Gasteiger partial charge in [-0.05, 0) is 13.0 Å². The molecule has 0 aromatic heterocycles. The molecule has 24 heavy (non-hydrogen) atoms. The number of aliphatic hydroxyl groups is 1. The van der Waals surface area contributed by atoms with Gasteiger partial charge in [0.15, 0.2) is 5.60 Å². The lowest BCUT2D eigenvalue weighted by atomic mass is 9.80. The van der Waals surface area contributed by atoms with Crippen LogP contribution >= 0.6 is 0 Å². The Morgan fingerprint density at radius 2 is 1.04 bits per heavy atom. The maximum atomic E-state index is 10.2. The van der Waals surface area contributed by atoms with Crippen molar-refractivity contribution in [3.63, 3.8) is 0 Å². The number of rotatable bonds is 5. The lowest BCUT2D eigenvalue weighted by molar-refractivity contribution is -0.00199. The van der Waals surface area contributed by atoms with E-state index in [1.165, 1.54) is 0 Å². The molecule has 0 amide bonds. The molecule has 0 aliphatic carbocycles. The van der Waals surface area contributed by atoms with Crippen LogP contribution in [0.1, 0.15) is 23.6 Å². The van der Waals surface area contributed by atoms with Crippen LogP contribution in [-0.2, 0) is 10.3 Å². The fraction of sp³-hybridized carbons (Fsp3) is 0.0909. The third-order valence-electron chi connectivity index (χ3n) is 4.05. The van der Waals surface area contributed by atoms with E-state index in [-0.39, 0.29) is 5.95 Å². The Morgan fingerprint density at radius 3 is 1.33 bits per heavy atom. The van der Waals surface area contributed by atoms with Crippen LogP contribution in [0, 0.1) is 0 Å². The van der Waals surface area contributed by atoms with E-state index < -0.39 is 5.60 Å². The van der Waals surface area contributed by atoms with Gasteiger partial charge in [-0.2, -0.15) is 0 Å². The van der Waals surface area contributed by atoms with Crippen molar-refractivity contribution in [3.05, 3.63) is 120 Å². The lowest BCUT2D eigenvalue weighted by Gasteiger charge is -2.35. The van der Waals surface area contributed by atoms with Gasteiger partial charge in [0, 0.05) is 16.7 Å². The number of hydrogen-bond donors (Lipinski definition) is 1. The zero-order valence-electron chi connectivity index (χ0n) is 13.6. The zero-order chi connectivity index (χ0) is 16.8. The van der Waals surface area contributed by atoms with Crippen molar-refractivity contribution in [2.75, 3.05) is 0 Å². The average Bonchev–Trinajstić information content (AvgIpc) is 2.68. The molecule has 0 heterocycles. The van der Waals surface area contributed by atoms with E-state index >= 15 is 0 Å². The van der Waals surface area contributed by atoms with Crippen LogP contribution in [0.25, 0.3) is 0 Å². The minimum atomic E-state index is -0.916. The summed E-state index contributed by atoms with van der Waals surface area (Å²) in [5.74, 6) is -0.105. The number of ether oxygens (including phenoxy) is 1. The van der Waals surface area contributed by atoms with Gasteiger partial charge in [-0.25, -0.2) is 0 Å². The molecule has 0 radical (unpaired) electrons. The summed E-state index contributed by atoms with van der Waals surface area (Å²) >= 11 is 0. The molecule has 0 aliphatic rings. The summed E-state index contributed by atoms with van der Waals surface area (Å²) in [4.78, 5) is 0. The van der Waals surface area contributed by atoms with Crippen LogP contribution in [0.2, 0.25) is 0 Å². The van der Waals surface area contributed by atoms with Crippen LogP contribution in [-0.4, -0.2) is 5.11 Å². The van der Waals surface area contributed by atoms with E-state index in [0.717, 1.165) is 16.7 Å². The molecule has 0 atom stereocenters. The van der Waals surface area contributed by atoms with E-state index in [1.54, 1.807) is 13.0 Å². The molecule has 120 valence electrons. The van der Waals surface area contributed by atoms with Crippen molar-refractivity contribution >= 4 is 0 Å². The minimum absolute atomic E-state index is 0.105. The van der Waals surface area contributed by atoms with Crippen molar-refractivity contribution in [2.45, 2.75) is 12.5 Å². The van der Waals surface area contributed by atoms with E-state index in [0.29, 0.717) is 0 Å². The van der Waals surface area contributed by atoms with Crippen molar-refractivity contribution in [3.8, 4) is 0 Å². The minimum Gasteiger partial charge on any atom is -0.481 e. The predicted molar refractivity (Wildman–Crippen MR) is 96.7 cm³/mol. The van der Waals surface area contributed by atoms with E-state index in [1.807, 2.05) is 91.0 Å². The molecule has 0 saturated carbocycles. The fourth-order valence-corrected chi connectivity index (χ4v) is 2.91. The van der Waals surface area contributed by atoms with Gasteiger partial charge in [0.2, 0.25) is 0 Å². The highest BCUT2D eigenvalue weighted by atomic mass is 16.6. The predicted octanol–water partition coefficient (Wildman–Crippen LogP) is 5.41. The van der Waals surface area contributed by atoms with Gasteiger partial charge in [0.05, 0.1) is 0 Å². The lowest BCUT2D eigenvalue weighted by Crippen LogP contribution is -2.32. The molecule has 1 N–H and O–H groups in total. The third-order valence-corrected chi connectivity index (χ3v) is 4.05. The Morgan fingerprint density at radius 1 is 0.708 bits per heavy atom. The molecule has 3 aromatic rings. The van der Waals surface area contributed by atoms with Gasteiger partial charge in [-0.1, -0.05) is 91.0 Å². The summed E-state index contributed by atoms with van der Waals surface area (Å²) in [6, 6.07) is 29.9. The van der Waals surface area contributed by atoms with Crippen LogP contribution in [0.5, 0.6) is 0 Å². The van der Waals surface area contributed by atoms with E-state index in [4.69, 9.17) is 4.74 Å². The van der Waals surface area contributed by atoms with Gasteiger partial charge in [0.25, 0.3) is 5.95 Å². The third kappa shape index (κ3) is 2.91. The Bertz CT molecular complexity index is 696. The normalized spacial score (nSPS) is 12.0. The SMILES string of the molecule is C/C=C(\O)OC(c1ccccc1)(c1ccccc1)c1ccccc1. The highest BCUT2D eigenvalue weighted by Gasteiger charge is 2.39. The molecule has 0 aliphatic heterocycles. The summed E-state index contributed by atoms with van der Waals surface area (Å²) in [6.45, 7) is 1.75. The second-order valence-corrected chi connectivity index (χ2v) is 5.51. The molecule has 2 heteroatoms. The van der Waals surface area contributed by atoms with Crippen molar-refractivity contribution in [2.24, 2.45) is 0 Å². The van der Waals surface area contributed by atoms with Crippen molar-refractivity contribution in [1.29, 1.82) is 0 Å². The molecule has 0 saturated heterocycles. The number of allylic oxidation sites excluding steroid dienone is 1. The highest BCUT2D eigenvalue weighted by molar-refractivity contribution is 5.47. The summed E-state index contributed by atoms with van der Waals surface area (Å²) in [7, 11) is 0. The second kappa shape index (κ2) is 7.05. The van der Waals surface area contributed by atoms with Crippen molar-refractivity contribution < 1.29 is 9.84 Å². The summed E-state index contributed by atoms with van der Waals surface area (Å²) < 4.78 is 6.16. The standard InChI is InChI=1S/C22H20O2/c1-2-21(23)24-22(18-12-6-3-7-13-18,19-14-8-4-9-15-19)20-16-10-5-11-17-20/h2-17,23H,1H3/b21-2+. The van der Waals surface area contributed by atoms with Crippen molar-refractivity contribution in [1.82, 2.24) is 0 Å².